The van der Waals surface area contributed by atoms with E-state index < -0.39 is 11.9 Å². The molecule has 0 spiro atoms. The molecular weight excluding hydrogens is 394 g/mol. The molecule has 1 amide bonds. The van der Waals surface area contributed by atoms with Crippen LogP contribution in [0.15, 0.2) is 18.5 Å². The number of carboxylic acid groups (broad SMARTS) is 1. The van der Waals surface area contributed by atoms with Crippen LogP contribution in [0.3, 0.4) is 0 Å². The minimum absolute atomic E-state index is 0.128. The molecule has 1 aliphatic carbocycles. The van der Waals surface area contributed by atoms with Crippen LogP contribution in [0.1, 0.15) is 38.4 Å². The smallest absolute Gasteiger partial charge is 0.410 e. The third-order valence-corrected chi connectivity index (χ3v) is 5.28. The van der Waals surface area contributed by atoms with Crippen molar-refractivity contribution >= 4 is 35.0 Å². The lowest BCUT2D eigenvalue weighted by Gasteiger charge is -2.27. The van der Waals surface area contributed by atoms with Crippen LogP contribution < -0.4 is 16.4 Å². The second-order valence-electron chi connectivity index (χ2n) is 7.36. The van der Waals surface area contributed by atoms with E-state index in [0.29, 0.717) is 27.9 Å². The van der Waals surface area contributed by atoms with Crippen molar-refractivity contribution in [3.05, 3.63) is 29.3 Å². The van der Waals surface area contributed by atoms with Crippen LogP contribution in [-0.2, 0) is 0 Å². The number of aromatic nitrogens is 3. The topological polar surface area (TPSA) is 150 Å². The fraction of sp³-hybridized carbons (Fsp3) is 0.421. The maximum atomic E-state index is 10.9. The van der Waals surface area contributed by atoms with Gasteiger partial charge in [0.15, 0.2) is 17.5 Å². The van der Waals surface area contributed by atoms with E-state index in [1.54, 1.807) is 12.3 Å². The molecule has 2 heterocycles. The summed E-state index contributed by atoms with van der Waals surface area (Å²) in [6, 6.07) is 1.68. The van der Waals surface area contributed by atoms with Crippen LogP contribution in [0.25, 0.3) is 11.3 Å². The molecule has 0 bridgehead atoms. The summed E-state index contributed by atoms with van der Waals surface area (Å²) >= 11 is 6.08. The van der Waals surface area contributed by atoms with Gasteiger partial charge in [0, 0.05) is 24.5 Å². The van der Waals surface area contributed by atoms with Gasteiger partial charge in [0.05, 0.1) is 5.02 Å². The molecule has 1 fully saturated rings. The van der Waals surface area contributed by atoms with Crippen LogP contribution in [-0.4, -0.2) is 38.5 Å². The van der Waals surface area contributed by atoms with Gasteiger partial charge in [-0.25, -0.2) is 14.8 Å². The van der Waals surface area contributed by atoms with Gasteiger partial charge < -0.3 is 16.2 Å². The molecule has 10 heteroatoms. The van der Waals surface area contributed by atoms with Gasteiger partial charge in [-0.2, -0.15) is 0 Å². The Balaban J connectivity index is 1.93. The summed E-state index contributed by atoms with van der Waals surface area (Å²) in [6.07, 6.45) is 6.42. The molecule has 1 aliphatic rings. The lowest BCUT2D eigenvalue weighted by molar-refractivity contribution is 0.200. The number of hydrogen-bond donors (Lipinski definition) is 5. The number of nitrogens with one attached hydrogen (secondary N) is 3. The number of rotatable bonds is 5. The molecule has 9 nitrogen and oxygen atoms in total. The van der Waals surface area contributed by atoms with Crippen molar-refractivity contribution in [2.75, 3.05) is 17.6 Å². The zero-order valence-corrected chi connectivity index (χ0v) is 16.8. The van der Waals surface area contributed by atoms with Crippen molar-refractivity contribution in [2.24, 2.45) is 11.8 Å². The zero-order valence-electron chi connectivity index (χ0n) is 16.1. The van der Waals surface area contributed by atoms with Crippen molar-refractivity contribution in [1.82, 2.24) is 20.3 Å². The van der Waals surface area contributed by atoms with Crippen LogP contribution in [0.5, 0.6) is 0 Å². The van der Waals surface area contributed by atoms with Gasteiger partial charge in [-0.05, 0) is 30.7 Å². The number of nitrogens with zero attached hydrogens (tertiary/aromatic N) is 3. The van der Waals surface area contributed by atoms with E-state index >= 15 is 0 Å². The largest absolute Gasteiger partial charge is 0.465 e. The Bertz CT molecular complexity index is 913. The molecule has 2 aromatic rings. The quantitative estimate of drug-likeness (QED) is 0.368. The Morgan fingerprint density at radius 3 is 2.69 bits per heavy atom. The Labute approximate surface area is 173 Å². The van der Waals surface area contributed by atoms with Gasteiger partial charge in [-0.1, -0.05) is 31.4 Å². The first-order chi connectivity index (χ1) is 13.8. The number of amidine groups is 1. The van der Waals surface area contributed by atoms with Gasteiger partial charge in [0.1, 0.15) is 11.4 Å². The van der Waals surface area contributed by atoms with Crippen LogP contribution in [0.4, 0.5) is 16.3 Å². The highest BCUT2D eigenvalue weighted by atomic mass is 35.5. The third-order valence-electron chi connectivity index (χ3n) is 5.07. The first kappa shape index (κ1) is 20.8. The van der Waals surface area contributed by atoms with Crippen molar-refractivity contribution in [1.29, 1.82) is 5.41 Å². The fourth-order valence-corrected chi connectivity index (χ4v) is 3.63. The normalized spacial score (nSPS) is 18.8. The van der Waals surface area contributed by atoms with E-state index in [4.69, 9.17) is 27.9 Å². The molecule has 0 aliphatic heterocycles. The second-order valence-corrected chi connectivity index (χ2v) is 7.80. The number of halogens is 1. The fourth-order valence-electron chi connectivity index (χ4n) is 3.46. The van der Waals surface area contributed by atoms with Gasteiger partial charge in [0.25, 0.3) is 0 Å². The Morgan fingerprint density at radius 2 is 2.03 bits per heavy atom. The van der Waals surface area contributed by atoms with E-state index in [9.17, 15) is 4.79 Å². The average molecular weight is 418 g/mol. The lowest BCUT2D eigenvalue weighted by Crippen LogP contribution is -2.31. The summed E-state index contributed by atoms with van der Waals surface area (Å²) in [5.41, 5.74) is 7.71. The molecule has 0 atom stereocenters. The molecule has 0 unspecified atom stereocenters. The summed E-state index contributed by atoms with van der Waals surface area (Å²) in [5.74, 6) is 0.832. The number of nitrogen functional groups attached to an aromatic ring is 1. The maximum Gasteiger partial charge on any atom is 0.410 e. The third kappa shape index (κ3) is 5.32. The highest BCUT2D eigenvalue weighted by Gasteiger charge is 2.21. The predicted molar refractivity (Wildman–Crippen MR) is 112 cm³/mol. The molecule has 0 radical (unpaired) electrons. The molecule has 154 valence electrons. The number of hydrogen-bond acceptors (Lipinski definition) is 7. The SMILES string of the molecule is C[C@H]1CC[C@H](CNc2c(N)nc(C(=N)NC(=O)O)nc2-c2cncc(Cl)c2)CC1. The van der Waals surface area contributed by atoms with E-state index in [1.165, 1.54) is 19.0 Å². The molecule has 2 aromatic heterocycles. The van der Waals surface area contributed by atoms with Gasteiger partial charge in [0.2, 0.25) is 0 Å². The minimum atomic E-state index is -1.38. The van der Waals surface area contributed by atoms with Crippen molar-refractivity contribution in [3.8, 4) is 11.3 Å². The summed E-state index contributed by atoms with van der Waals surface area (Å²) in [6.45, 7) is 3.00. The number of pyridine rings is 1. The minimum Gasteiger partial charge on any atom is -0.465 e. The molecule has 6 N–H and O–H groups in total. The Kier molecular flexibility index (Phi) is 6.48. The highest BCUT2D eigenvalue weighted by Crippen LogP contribution is 2.33. The molecule has 0 saturated heterocycles. The van der Waals surface area contributed by atoms with E-state index in [1.807, 2.05) is 5.32 Å². The summed E-state index contributed by atoms with van der Waals surface area (Å²) < 4.78 is 0. The highest BCUT2D eigenvalue weighted by molar-refractivity contribution is 6.30. The van der Waals surface area contributed by atoms with Crippen molar-refractivity contribution < 1.29 is 9.90 Å². The van der Waals surface area contributed by atoms with Crippen LogP contribution >= 0.6 is 11.6 Å². The number of amides is 1. The Hall–Kier alpha value is -2.94. The maximum absolute atomic E-state index is 10.9. The van der Waals surface area contributed by atoms with Crippen LogP contribution in [0.2, 0.25) is 5.02 Å². The zero-order chi connectivity index (χ0) is 21.0. The summed E-state index contributed by atoms with van der Waals surface area (Å²) in [4.78, 5) is 23.4. The first-order valence-corrected chi connectivity index (χ1v) is 9.82. The Morgan fingerprint density at radius 1 is 1.31 bits per heavy atom. The lowest BCUT2D eigenvalue weighted by atomic mass is 9.83. The average Bonchev–Trinajstić information content (AvgIpc) is 2.67. The van der Waals surface area contributed by atoms with Gasteiger partial charge in [-0.15, -0.1) is 0 Å². The molecule has 1 saturated carbocycles. The van der Waals surface area contributed by atoms with Crippen molar-refractivity contribution in [2.45, 2.75) is 32.6 Å². The predicted octanol–water partition coefficient (Wildman–Crippen LogP) is 3.61. The van der Waals surface area contributed by atoms with Gasteiger partial charge >= 0.3 is 6.09 Å². The second kappa shape index (κ2) is 9.04. The monoisotopic (exact) mass is 417 g/mol. The molecular formula is C19H24ClN7O2. The molecule has 29 heavy (non-hydrogen) atoms. The first-order valence-electron chi connectivity index (χ1n) is 9.44. The van der Waals surface area contributed by atoms with E-state index in [-0.39, 0.29) is 11.6 Å². The summed E-state index contributed by atoms with van der Waals surface area (Å²) in [7, 11) is 0. The number of nitrogens with two attached hydrogens (primary N) is 1. The number of carbonyl (C=O) groups is 1. The van der Waals surface area contributed by atoms with E-state index in [2.05, 4.69) is 27.2 Å². The van der Waals surface area contributed by atoms with Gasteiger partial charge in [-0.3, -0.25) is 15.7 Å². The van der Waals surface area contributed by atoms with E-state index in [0.717, 1.165) is 25.3 Å². The number of anilines is 2. The molecule has 0 aromatic carbocycles. The summed E-state index contributed by atoms with van der Waals surface area (Å²) in [5, 5.41) is 22.5. The molecule has 3 rings (SSSR count). The van der Waals surface area contributed by atoms with Crippen molar-refractivity contribution in [3.63, 3.8) is 0 Å². The standard InChI is InChI=1S/C19H24ClN7O2/c1-10-2-4-11(5-3-10)7-24-15-14(12-6-13(20)9-23-8-12)25-18(26-16(15)21)17(22)27-19(28)29/h6,8-11,24H,2-5,7H2,1H3,(H2,22,27)(H,28,29)(H2,21,25,26)/t10-,11-. The van der Waals surface area contributed by atoms with Crippen LogP contribution in [0, 0.1) is 17.2 Å².